The lowest BCUT2D eigenvalue weighted by Crippen LogP contribution is -2.27. The van der Waals surface area contributed by atoms with Crippen LogP contribution in [0.25, 0.3) is 0 Å². The first-order valence-corrected chi connectivity index (χ1v) is 6.38. The van der Waals surface area contributed by atoms with Gasteiger partial charge in [0.1, 0.15) is 6.10 Å². The predicted octanol–water partition coefficient (Wildman–Crippen LogP) is 1.87. The van der Waals surface area contributed by atoms with Crippen molar-refractivity contribution in [3.63, 3.8) is 0 Å². The Balaban J connectivity index is 1.84. The fourth-order valence-corrected chi connectivity index (χ4v) is 2.16. The van der Waals surface area contributed by atoms with Crippen molar-refractivity contribution >= 4 is 5.97 Å². The van der Waals surface area contributed by atoms with E-state index in [9.17, 15) is 13.6 Å². The third-order valence-electron chi connectivity index (χ3n) is 3.16. The summed E-state index contributed by atoms with van der Waals surface area (Å²) in [6.45, 7) is 1.22. The van der Waals surface area contributed by atoms with Crippen LogP contribution in [-0.4, -0.2) is 31.7 Å². The molecule has 1 unspecified atom stereocenters. The van der Waals surface area contributed by atoms with Gasteiger partial charge in [-0.15, -0.1) is 0 Å². The number of halogens is 2. The summed E-state index contributed by atoms with van der Waals surface area (Å²) in [7, 11) is 1.62. The highest BCUT2D eigenvalue weighted by Gasteiger charge is 2.50. The smallest absolute Gasteiger partial charge is 0.377 e. The summed E-state index contributed by atoms with van der Waals surface area (Å²) < 4.78 is 35.7. The summed E-state index contributed by atoms with van der Waals surface area (Å²) in [5.74, 6) is -4.77. The highest BCUT2D eigenvalue weighted by Crippen LogP contribution is 2.30. The van der Waals surface area contributed by atoms with E-state index >= 15 is 0 Å². The van der Waals surface area contributed by atoms with Gasteiger partial charge in [-0.05, 0) is 11.1 Å². The van der Waals surface area contributed by atoms with E-state index in [1.807, 2.05) is 24.3 Å². The molecule has 1 saturated heterocycles. The first-order valence-electron chi connectivity index (χ1n) is 6.38. The van der Waals surface area contributed by atoms with Crippen LogP contribution in [0, 0.1) is 0 Å². The Kier molecular flexibility index (Phi) is 4.67. The number of benzene rings is 1. The van der Waals surface area contributed by atoms with Crippen LogP contribution >= 0.6 is 0 Å². The minimum absolute atomic E-state index is 0.211. The summed E-state index contributed by atoms with van der Waals surface area (Å²) >= 11 is 0. The topological polar surface area (TPSA) is 47.6 Å². The van der Waals surface area contributed by atoms with Gasteiger partial charge in [-0.1, -0.05) is 24.3 Å². The summed E-state index contributed by atoms with van der Waals surface area (Å²) in [6, 6.07) is 7.71. The Morgan fingerprint density at radius 1 is 1.40 bits per heavy atom. The van der Waals surface area contributed by atoms with Crippen LogP contribution in [0.15, 0.2) is 24.3 Å². The van der Waals surface area contributed by atoms with Crippen LogP contribution in [-0.2, 0) is 27.4 Å². The standard InChI is InChI=1S/C14H17F2NO3/c1-19-9-11-5-3-2-4-10(11)7-17-8-12-6-14(15,16)13(18)20-12/h2-5,12,17H,6-9H2,1H3. The van der Waals surface area contributed by atoms with E-state index < -0.39 is 24.4 Å². The van der Waals surface area contributed by atoms with E-state index in [0.29, 0.717) is 13.2 Å². The fourth-order valence-electron chi connectivity index (χ4n) is 2.16. The molecular weight excluding hydrogens is 268 g/mol. The van der Waals surface area contributed by atoms with E-state index in [1.54, 1.807) is 7.11 Å². The zero-order chi connectivity index (χ0) is 14.6. The second-order valence-electron chi connectivity index (χ2n) is 4.77. The number of rotatable bonds is 6. The first kappa shape index (κ1) is 14.9. The van der Waals surface area contributed by atoms with Crippen molar-refractivity contribution in [2.45, 2.75) is 31.6 Å². The second-order valence-corrected chi connectivity index (χ2v) is 4.77. The third kappa shape index (κ3) is 3.52. The lowest BCUT2D eigenvalue weighted by molar-refractivity contribution is -0.159. The minimum atomic E-state index is -3.35. The number of hydrogen-bond acceptors (Lipinski definition) is 4. The molecule has 1 aromatic carbocycles. The SMILES string of the molecule is COCc1ccccc1CNCC1CC(F)(F)C(=O)O1. The molecule has 0 saturated carbocycles. The zero-order valence-corrected chi connectivity index (χ0v) is 11.2. The van der Waals surface area contributed by atoms with E-state index in [1.165, 1.54) is 0 Å². The molecular formula is C14H17F2NO3. The summed E-state index contributed by atoms with van der Waals surface area (Å²) in [6.07, 6.45) is -1.33. The first-order chi connectivity index (χ1) is 9.53. The molecule has 1 aliphatic rings. The summed E-state index contributed by atoms with van der Waals surface area (Å²) in [4.78, 5) is 10.9. The highest BCUT2D eigenvalue weighted by atomic mass is 19.3. The quantitative estimate of drug-likeness (QED) is 0.811. The number of esters is 1. The molecule has 2 rings (SSSR count). The largest absolute Gasteiger partial charge is 0.456 e. The normalized spacial score (nSPS) is 20.9. The number of alkyl halides is 2. The molecule has 0 amide bonds. The van der Waals surface area contributed by atoms with Crippen LogP contribution < -0.4 is 5.32 Å². The molecule has 110 valence electrons. The van der Waals surface area contributed by atoms with Crippen molar-refractivity contribution in [1.82, 2.24) is 5.32 Å². The molecule has 0 bridgehead atoms. The monoisotopic (exact) mass is 285 g/mol. The maximum atomic E-state index is 13.0. The van der Waals surface area contributed by atoms with Gasteiger partial charge in [-0.25, -0.2) is 4.79 Å². The molecule has 20 heavy (non-hydrogen) atoms. The molecule has 0 aromatic heterocycles. The van der Waals surface area contributed by atoms with Crippen LogP contribution in [0.3, 0.4) is 0 Å². The average molecular weight is 285 g/mol. The molecule has 0 spiro atoms. The Labute approximate surface area is 116 Å². The number of carbonyl (C=O) groups is 1. The number of nitrogens with one attached hydrogen (secondary N) is 1. The molecule has 1 heterocycles. The molecule has 1 aliphatic heterocycles. The molecule has 1 fully saturated rings. The third-order valence-corrected chi connectivity index (χ3v) is 3.16. The molecule has 0 radical (unpaired) electrons. The highest BCUT2D eigenvalue weighted by molar-refractivity contribution is 5.79. The Hall–Kier alpha value is -1.53. The van der Waals surface area contributed by atoms with Gasteiger partial charge >= 0.3 is 11.9 Å². The Bertz CT molecular complexity index is 479. The minimum Gasteiger partial charge on any atom is -0.456 e. The van der Waals surface area contributed by atoms with Crippen molar-refractivity contribution in [3.05, 3.63) is 35.4 Å². The van der Waals surface area contributed by atoms with Crippen LogP contribution in [0.5, 0.6) is 0 Å². The van der Waals surface area contributed by atoms with Crippen molar-refractivity contribution in [3.8, 4) is 0 Å². The van der Waals surface area contributed by atoms with Crippen LogP contribution in [0.1, 0.15) is 17.5 Å². The van der Waals surface area contributed by atoms with Crippen LogP contribution in [0.4, 0.5) is 8.78 Å². The molecule has 6 heteroatoms. The van der Waals surface area contributed by atoms with E-state index in [2.05, 4.69) is 10.1 Å². The second kappa shape index (κ2) is 6.28. The summed E-state index contributed by atoms with van der Waals surface area (Å²) in [5, 5.41) is 3.03. The number of cyclic esters (lactones) is 1. The lowest BCUT2D eigenvalue weighted by atomic mass is 10.1. The van der Waals surface area contributed by atoms with Gasteiger partial charge in [0.05, 0.1) is 13.0 Å². The fraction of sp³-hybridized carbons (Fsp3) is 0.500. The van der Waals surface area contributed by atoms with Gasteiger partial charge < -0.3 is 14.8 Å². The Morgan fingerprint density at radius 2 is 2.10 bits per heavy atom. The lowest BCUT2D eigenvalue weighted by Gasteiger charge is -2.12. The van der Waals surface area contributed by atoms with Gasteiger partial charge in [-0.2, -0.15) is 8.78 Å². The van der Waals surface area contributed by atoms with E-state index in [0.717, 1.165) is 11.1 Å². The van der Waals surface area contributed by atoms with Crippen molar-refractivity contribution in [2.75, 3.05) is 13.7 Å². The van der Waals surface area contributed by atoms with E-state index in [-0.39, 0.29) is 6.54 Å². The molecule has 1 atom stereocenters. The van der Waals surface area contributed by atoms with Crippen molar-refractivity contribution < 1.29 is 23.0 Å². The Morgan fingerprint density at radius 3 is 2.70 bits per heavy atom. The molecule has 1 aromatic rings. The molecule has 0 aliphatic carbocycles. The maximum absolute atomic E-state index is 13.0. The van der Waals surface area contributed by atoms with Crippen molar-refractivity contribution in [1.29, 1.82) is 0 Å². The van der Waals surface area contributed by atoms with Gasteiger partial charge in [0.25, 0.3) is 0 Å². The maximum Gasteiger partial charge on any atom is 0.377 e. The molecule has 1 N–H and O–H groups in total. The number of carbonyl (C=O) groups excluding carboxylic acids is 1. The summed E-state index contributed by atoms with van der Waals surface area (Å²) in [5.41, 5.74) is 2.07. The number of methoxy groups -OCH3 is 1. The van der Waals surface area contributed by atoms with E-state index in [4.69, 9.17) is 4.74 Å². The predicted molar refractivity (Wildman–Crippen MR) is 68.3 cm³/mol. The average Bonchev–Trinajstić information content (AvgIpc) is 2.65. The zero-order valence-electron chi connectivity index (χ0n) is 11.2. The molecule has 4 nitrogen and oxygen atoms in total. The van der Waals surface area contributed by atoms with Gasteiger partial charge in [0, 0.05) is 20.2 Å². The number of ether oxygens (including phenoxy) is 2. The van der Waals surface area contributed by atoms with Crippen molar-refractivity contribution in [2.24, 2.45) is 0 Å². The van der Waals surface area contributed by atoms with Gasteiger partial charge in [-0.3, -0.25) is 0 Å². The van der Waals surface area contributed by atoms with Gasteiger partial charge in [0.15, 0.2) is 0 Å². The number of hydrogen-bond donors (Lipinski definition) is 1. The van der Waals surface area contributed by atoms with Gasteiger partial charge in [0.2, 0.25) is 0 Å². The van der Waals surface area contributed by atoms with Crippen LogP contribution in [0.2, 0.25) is 0 Å².